The molecule has 0 bridgehead atoms. The number of carbonyl (C=O) groups is 1. The molecule has 0 saturated carbocycles. The van der Waals surface area contributed by atoms with Gasteiger partial charge in [0.15, 0.2) is 0 Å². The van der Waals surface area contributed by atoms with Gasteiger partial charge in [0, 0.05) is 28.9 Å². The maximum absolute atomic E-state index is 12.3. The molecule has 0 spiro atoms. The van der Waals surface area contributed by atoms with E-state index in [0.717, 1.165) is 39.1 Å². The number of urea groups is 1. The Balaban J connectivity index is 1.18. The Kier molecular flexibility index (Phi) is 7.17. The maximum Gasteiger partial charge on any atom is 0.323 e. The van der Waals surface area contributed by atoms with E-state index in [0.29, 0.717) is 30.3 Å². The fourth-order valence-electron chi connectivity index (χ4n) is 4.52. The second-order valence-electron chi connectivity index (χ2n) is 9.14. The molecule has 6 aromatic rings. The van der Waals surface area contributed by atoms with Crippen LogP contribution in [0.1, 0.15) is 5.56 Å². The van der Waals surface area contributed by atoms with Crippen LogP contribution >= 0.6 is 0 Å². The number of aromatic nitrogens is 2. The number of furan rings is 1. The number of nitrogens with one attached hydrogen (secondary N) is 2. The summed E-state index contributed by atoms with van der Waals surface area (Å²) in [7, 11) is 0. The average molecular weight is 527 g/mol. The first-order valence-electron chi connectivity index (χ1n) is 13.0. The third-order valence-electron chi connectivity index (χ3n) is 6.42. The number of hydrogen-bond acceptors (Lipinski definition) is 5. The molecule has 2 heterocycles. The van der Waals surface area contributed by atoms with Crippen LogP contribution in [0, 0.1) is 0 Å². The first-order chi connectivity index (χ1) is 19.7. The second-order valence-corrected chi connectivity index (χ2v) is 9.14. The summed E-state index contributed by atoms with van der Waals surface area (Å²) >= 11 is 0. The summed E-state index contributed by atoms with van der Waals surface area (Å²) < 4.78 is 12.5. The van der Waals surface area contributed by atoms with Gasteiger partial charge in [-0.05, 0) is 35.4 Å². The van der Waals surface area contributed by atoms with Crippen LogP contribution in [0.4, 0.5) is 16.2 Å². The van der Waals surface area contributed by atoms with Crippen molar-refractivity contribution in [2.75, 3.05) is 17.2 Å². The summed E-state index contributed by atoms with van der Waals surface area (Å²) in [6.45, 7) is 0.410. The maximum atomic E-state index is 12.3. The minimum absolute atomic E-state index is 0.292. The van der Waals surface area contributed by atoms with Crippen molar-refractivity contribution in [2.45, 2.75) is 6.42 Å². The van der Waals surface area contributed by atoms with Gasteiger partial charge in [-0.2, -0.15) is 0 Å². The Labute approximate surface area is 231 Å². The third-order valence-corrected chi connectivity index (χ3v) is 6.42. The van der Waals surface area contributed by atoms with Crippen LogP contribution in [0.25, 0.3) is 33.6 Å². The number of carbonyl (C=O) groups excluding carboxylic acids is 1. The number of anilines is 2. The number of nitrogens with zero attached hydrogens (tertiary/aromatic N) is 2. The van der Waals surface area contributed by atoms with E-state index in [1.54, 1.807) is 0 Å². The van der Waals surface area contributed by atoms with Crippen molar-refractivity contribution in [1.82, 2.24) is 9.97 Å². The first-order valence-corrected chi connectivity index (χ1v) is 13.0. The predicted molar refractivity (Wildman–Crippen MR) is 157 cm³/mol. The molecule has 196 valence electrons. The molecular formula is C33H26N4O3. The predicted octanol–water partition coefficient (Wildman–Crippen LogP) is 7.82. The normalized spacial score (nSPS) is 10.8. The highest BCUT2D eigenvalue weighted by Crippen LogP contribution is 2.43. The molecule has 0 saturated heterocycles. The zero-order valence-corrected chi connectivity index (χ0v) is 21.6. The lowest BCUT2D eigenvalue weighted by atomic mass is 9.99. The van der Waals surface area contributed by atoms with Crippen molar-refractivity contribution in [3.8, 4) is 28.3 Å². The van der Waals surface area contributed by atoms with E-state index in [4.69, 9.17) is 9.15 Å². The summed E-state index contributed by atoms with van der Waals surface area (Å²) in [5.74, 6) is 1.21. The number of rotatable bonds is 8. The summed E-state index contributed by atoms with van der Waals surface area (Å²) in [5, 5.41) is 6.41. The Morgan fingerprint density at radius 2 is 1.30 bits per heavy atom. The summed E-state index contributed by atoms with van der Waals surface area (Å²) in [6, 6.07) is 36.8. The minimum atomic E-state index is -0.292. The molecule has 2 aromatic heterocycles. The van der Waals surface area contributed by atoms with Gasteiger partial charge in [0.25, 0.3) is 0 Å². The molecule has 0 fully saturated rings. The lowest BCUT2D eigenvalue weighted by molar-refractivity contribution is 0.262. The minimum Gasteiger partial charge on any atom is -0.477 e. The summed E-state index contributed by atoms with van der Waals surface area (Å²) in [6.07, 6.45) is 2.12. The molecule has 0 aliphatic heterocycles. The molecule has 7 heteroatoms. The van der Waals surface area contributed by atoms with Gasteiger partial charge in [0.2, 0.25) is 11.6 Å². The first kappa shape index (κ1) is 24.9. The Morgan fingerprint density at radius 3 is 1.98 bits per heavy atom. The number of amides is 2. The van der Waals surface area contributed by atoms with Crippen molar-refractivity contribution in [2.24, 2.45) is 0 Å². The molecule has 7 nitrogen and oxygen atoms in total. The van der Waals surface area contributed by atoms with Crippen molar-refractivity contribution in [1.29, 1.82) is 0 Å². The zero-order chi connectivity index (χ0) is 27.1. The highest BCUT2D eigenvalue weighted by atomic mass is 16.5. The summed E-state index contributed by atoms with van der Waals surface area (Å²) in [4.78, 5) is 21.1. The van der Waals surface area contributed by atoms with Crippen molar-refractivity contribution in [3.05, 3.63) is 127 Å². The Hall–Kier alpha value is -5.43. The van der Waals surface area contributed by atoms with Crippen LogP contribution in [0.15, 0.2) is 126 Å². The van der Waals surface area contributed by atoms with Crippen LogP contribution in [0.3, 0.4) is 0 Å². The van der Waals surface area contributed by atoms with E-state index in [1.165, 1.54) is 6.33 Å². The van der Waals surface area contributed by atoms with Gasteiger partial charge in [0.1, 0.15) is 17.5 Å². The monoisotopic (exact) mass is 526 g/mol. The standard InChI is InChI=1S/C33H26N4O3/c38-33(36-26-14-8-3-9-15-26)37-27-18-16-23(17-19-27)20-21-39-31-29-28(24-10-4-1-5-11-24)30(25-12-6-2-7-13-25)40-32(29)35-22-34-31/h1-19,22H,20-21H2,(H2,36,37,38). The van der Waals surface area contributed by atoms with Gasteiger partial charge in [-0.3, -0.25) is 0 Å². The van der Waals surface area contributed by atoms with Gasteiger partial charge in [-0.15, -0.1) is 0 Å². The summed E-state index contributed by atoms with van der Waals surface area (Å²) in [5.41, 5.74) is 5.84. The van der Waals surface area contributed by atoms with E-state index in [9.17, 15) is 4.79 Å². The fourth-order valence-corrected chi connectivity index (χ4v) is 4.52. The quantitative estimate of drug-likeness (QED) is 0.211. The average Bonchev–Trinajstić information content (AvgIpc) is 3.40. The van der Waals surface area contributed by atoms with E-state index in [1.807, 2.05) is 115 Å². The van der Waals surface area contributed by atoms with E-state index < -0.39 is 0 Å². The number of fused-ring (bicyclic) bond motifs is 1. The molecule has 0 aliphatic carbocycles. The second kappa shape index (κ2) is 11.5. The largest absolute Gasteiger partial charge is 0.477 e. The van der Waals surface area contributed by atoms with Crippen molar-refractivity contribution < 1.29 is 13.9 Å². The lowest BCUT2D eigenvalue weighted by Crippen LogP contribution is -2.19. The highest BCUT2D eigenvalue weighted by molar-refractivity contribution is 6.03. The van der Waals surface area contributed by atoms with Crippen LogP contribution in [0.2, 0.25) is 0 Å². The molecule has 2 N–H and O–H groups in total. The number of para-hydroxylation sites is 1. The van der Waals surface area contributed by atoms with E-state index in [-0.39, 0.29) is 6.03 Å². The fraction of sp³-hybridized carbons (Fsp3) is 0.0606. The van der Waals surface area contributed by atoms with Gasteiger partial charge < -0.3 is 19.8 Å². The van der Waals surface area contributed by atoms with Gasteiger partial charge in [-0.25, -0.2) is 14.8 Å². The van der Waals surface area contributed by atoms with E-state index in [2.05, 4.69) is 20.6 Å². The number of ether oxygens (including phenoxy) is 1. The number of benzene rings is 4. The number of hydrogen-bond donors (Lipinski definition) is 2. The molecule has 0 unspecified atom stereocenters. The molecule has 40 heavy (non-hydrogen) atoms. The van der Waals surface area contributed by atoms with Gasteiger partial charge >= 0.3 is 6.03 Å². The molecule has 2 amide bonds. The van der Waals surface area contributed by atoms with E-state index >= 15 is 0 Å². The van der Waals surface area contributed by atoms with Crippen LogP contribution in [-0.2, 0) is 6.42 Å². The van der Waals surface area contributed by atoms with Gasteiger partial charge in [0.05, 0.1) is 6.61 Å². The van der Waals surface area contributed by atoms with Gasteiger partial charge in [-0.1, -0.05) is 91.0 Å². The van der Waals surface area contributed by atoms with Crippen molar-refractivity contribution >= 4 is 28.5 Å². The lowest BCUT2D eigenvalue weighted by Gasteiger charge is -2.10. The molecular weight excluding hydrogens is 500 g/mol. The topological polar surface area (TPSA) is 89.3 Å². The van der Waals surface area contributed by atoms with Crippen LogP contribution < -0.4 is 15.4 Å². The highest BCUT2D eigenvalue weighted by Gasteiger charge is 2.22. The molecule has 0 atom stereocenters. The third kappa shape index (κ3) is 5.54. The Morgan fingerprint density at radius 1 is 0.700 bits per heavy atom. The molecule has 0 radical (unpaired) electrons. The molecule has 4 aromatic carbocycles. The molecule has 6 rings (SSSR count). The smallest absolute Gasteiger partial charge is 0.323 e. The van der Waals surface area contributed by atoms with Crippen molar-refractivity contribution in [3.63, 3.8) is 0 Å². The SMILES string of the molecule is O=C(Nc1ccccc1)Nc1ccc(CCOc2ncnc3oc(-c4ccccc4)c(-c4ccccc4)c23)cc1. The zero-order valence-electron chi connectivity index (χ0n) is 21.6. The molecule has 0 aliphatic rings. The Bertz CT molecular complexity index is 1720. The van der Waals surface area contributed by atoms with Crippen LogP contribution in [0.5, 0.6) is 5.88 Å². The van der Waals surface area contributed by atoms with Crippen LogP contribution in [-0.4, -0.2) is 22.6 Å².